The van der Waals surface area contributed by atoms with Crippen LogP contribution in [0.2, 0.25) is 0 Å². The summed E-state index contributed by atoms with van der Waals surface area (Å²) in [4.78, 5) is 11.9. The maximum atomic E-state index is 11.9. The number of benzene rings is 2. The van der Waals surface area contributed by atoms with Crippen molar-refractivity contribution in [3.05, 3.63) is 71.8 Å². The second-order valence-electron chi connectivity index (χ2n) is 5.16. The maximum Gasteiger partial charge on any atom is 0.244 e. The maximum absolute atomic E-state index is 11.9. The van der Waals surface area contributed by atoms with Crippen LogP contribution in [0.3, 0.4) is 0 Å². The molecule has 0 aliphatic carbocycles. The van der Waals surface area contributed by atoms with Gasteiger partial charge in [-0.05, 0) is 35.3 Å². The van der Waals surface area contributed by atoms with Crippen LogP contribution < -0.4 is 10.1 Å². The molecule has 3 nitrogen and oxygen atoms in total. The van der Waals surface area contributed by atoms with Gasteiger partial charge in [0, 0.05) is 12.6 Å². The molecule has 0 bridgehead atoms. The molecular weight excluding hydrogens is 274 g/mol. The first-order chi connectivity index (χ1) is 10.7. The Morgan fingerprint density at radius 1 is 1.14 bits per heavy atom. The monoisotopic (exact) mass is 295 g/mol. The minimum atomic E-state index is -0.0846. The molecule has 2 aromatic rings. The molecule has 2 aromatic carbocycles. The van der Waals surface area contributed by atoms with Crippen LogP contribution in [-0.2, 0) is 4.79 Å². The van der Waals surface area contributed by atoms with E-state index in [1.165, 1.54) is 5.56 Å². The van der Waals surface area contributed by atoms with Gasteiger partial charge in [-0.2, -0.15) is 0 Å². The van der Waals surface area contributed by atoms with Gasteiger partial charge >= 0.3 is 0 Å². The van der Waals surface area contributed by atoms with E-state index >= 15 is 0 Å². The molecule has 0 saturated carbocycles. The van der Waals surface area contributed by atoms with E-state index in [-0.39, 0.29) is 5.91 Å². The van der Waals surface area contributed by atoms with E-state index in [4.69, 9.17) is 4.74 Å². The molecule has 0 heterocycles. The van der Waals surface area contributed by atoms with Crippen LogP contribution in [0.1, 0.15) is 24.0 Å². The molecule has 0 aromatic heterocycles. The third kappa shape index (κ3) is 4.77. The summed E-state index contributed by atoms with van der Waals surface area (Å²) in [7, 11) is 1.63. The quantitative estimate of drug-likeness (QED) is 0.826. The Bertz CT molecular complexity index is 618. The van der Waals surface area contributed by atoms with Crippen molar-refractivity contribution in [1.29, 1.82) is 0 Å². The van der Waals surface area contributed by atoms with Crippen molar-refractivity contribution in [2.24, 2.45) is 0 Å². The van der Waals surface area contributed by atoms with Crippen molar-refractivity contribution in [1.82, 2.24) is 5.32 Å². The Morgan fingerprint density at radius 2 is 1.82 bits per heavy atom. The fraction of sp³-hybridized carbons (Fsp3) is 0.211. The van der Waals surface area contributed by atoms with Crippen molar-refractivity contribution < 1.29 is 9.53 Å². The molecule has 2 rings (SSSR count). The van der Waals surface area contributed by atoms with Gasteiger partial charge in [0.1, 0.15) is 5.75 Å². The molecule has 1 amide bonds. The van der Waals surface area contributed by atoms with Gasteiger partial charge < -0.3 is 10.1 Å². The number of methoxy groups -OCH3 is 1. The predicted molar refractivity (Wildman–Crippen MR) is 89.9 cm³/mol. The minimum Gasteiger partial charge on any atom is -0.497 e. The van der Waals surface area contributed by atoms with Gasteiger partial charge in [0.2, 0.25) is 5.91 Å². The molecule has 0 radical (unpaired) electrons. The van der Waals surface area contributed by atoms with E-state index in [9.17, 15) is 4.79 Å². The molecular formula is C19H21NO2. The highest BCUT2D eigenvalue weighted by Crippen LogP contribution is 2.13. The zero-order valence-corrected chi connectivity index (χ0v) is 13.0. The molecule has 0 fully saturated rings. The van der Waals surface area contributed by atoms with Gasteiger partial charge in [-0.1, -0.05) is 49.4 Å². The fourth-order valence-corrected chi connectivity index (χ4v) is 2.10. The Morgan fingerprint density at radius 3 is 2.45 bits per heavy atom. The molecule has 0 saturated heterocycles. The van der Waals surface area contributed by atoms with Crippen molar-refractivity contribution in [3.8, 4) is 5.75 Å². The van der Waals surface area contributed by atoms with Crippen LogP contribution in [0, 0.1) is 0 Å². The molecule has 1 N–H and O–H groups in total. The largest absolute Gasteiger partial charge is 0.497 e. The molecule has 0 aliphatic heterocycles. The average Bonchev–Trinajstić information content (AvgIpc) is 2.59. The second kappa shape index (κ2) is 8.03. The van der Waals surface area contributed by atoms with Gasteiger partial charge in [0.05, 0.1) is 7.11 Å². The topological polar surface area (TPSA) is 38.3 Å². The Hall–Kier alpha value is -2.55. The number of amides is 1. The molecule has 3 heteroatoms. The smallest absolute Gasteiger partial charge is 0.244 e. The van der Waals surface area contributed by atoms with Gasteiger partial charge in [-0.15, -0.1) is 0 Å². The Labute approximate surface area is 131 Å². The van der Waals surface area contributed by atoms with Crippen LogP contribution in [0.15, 0.2) is 60.7 Å². The number of hydrogen-bond acceptors (Lipinski definition) is 2. The van der Waals surface area contributed by atoms with Crippen molar-refractivity contribution in [2.75, 3.05) is 13.7 Å². The summed E-state index contributed by atoms with van der Waals surface area (Å²) in [5, 5.41) is 2.92. The average molecular weight is 295 g/mol. The molecule has 0 unspecified atom stereocenters. The lowest BCUT2D eigenvalue weighted by molar-refractivity contribution is -0.116. The van der Waals surface area contributed by atoms with E-state index in [0.717, 1.165) is 11.3 Å². The standard InChI is InChI=1S/C19H21NO2/c1-15(17-6-4-3-5-7-17)14-20-19(21)13-10-16-8-11-18(22-2)12-9-16/h3-13,15H,14H2,1-2H3,(H,20,21)/b13-10+/t15-/m0/s1. The van der Waals surface area contributed by atoms with Crippen LogP contribution in [-0.4, -0.2) is 19.6 Å². The van der Waals surface area contributed by atoms with Crippen LogP contribution in [0.25, 0.3) is 6.08 Å². The summed E-state index contributed by atoms with van der Waals surface area (Å²) in [5.74, 6) is 1.01. The summed E-state index contributed by atoms with van der Waals surface area (Å²) < 4.78 is 5.10. The fourth-order valence-electron chi connectivity index (χ4n) is 2.10. The van der Waals surface area contributed by atoms with Gasteiger partial charge in [-0.3, -0.25) is 4.79 Å². The highest BCUT2D eigenvalue weighted by molar-refractivity contribution is 5.91. The first kappa shape index (κ1) is 15.8. The van der Waals surface area contributed by atoms with Crippen LogP contribution >= 0.6 is 0 Å². The van der Waals surface area contributed by atoms with Gasteiger partial charge in [-0.25, -0.2) is 0 Å². The SMILES string of the molecule is COc1ccc(/C=C/C(=O)NC[C@H](C)c2ccccc2)cc1. The summed E-state index contributed by atoms with van der Waals surface area (Å²) in [6.45, 7) is 2.72. The Kier molecular flexibility index (Phi) is 5.78. The van der Waals surface area contributed by atoms with E-state index in [1.54, 1.807) is 19.3 Å². The number of hydrogen-bond donors (Lipinski definition) is 1. The molecule has 0 spiro atoms. The van der Waals surface area contributed by atoms with Gasteiger partial charge in [0.25, 0.3) is 0 Å². The zero-order valence-electron chi connectivity index (χ0n) is 13.0. The van der Waals surface area contributed by atoms with E-state index in [0.29, 0.717) is 12.5 Å². The van der Waals surface area contributed by atoms with Crippen LogP contribution in [0.4, 0.5) is 0 Å². The van der Waals surface area contributed by atoms with E-state index in [1.807, 2.05) is 42.5 Å². The van der Waals surface area contributed by atoms with Gasteiger partial charge in [0.15, 0.2) is 0 Å². The zero-order chi connectivity index (χ0) is 15.8. The molecule has 114 valence electrons. The number of rotatable bonds is 6. The lowest BCUT2D eigenvalue weighted by Crippen LogP contribution is -2.25. The lowest BCUT2D eigenvalue weighted by atomic mass is 10.0. The van der Waals surface area contributed by atoms with E-state index < -0.39 is 0 Å². The molecule has 1 atom stereocenters. The summed E-state index contributed by atoms with van der Waals surface area (Å²) in [6.07, 6.45) is 3.35. The summed E-state index contributed by atoms with van der Waals surface area (Å²) in [5.41, 5.74) is 2.19. The van der Waals surface area contributed by atoms with Crippen LogP contribution in [0.5, 0.6) is 5.75 Å². The molecule has 0 aliphatic rings. The highest BCUT2D eigenvalue weighted by atomic mass is 16.5. The number of ether oxygens (including phenoxy) is 1. The number of nitrogens with one attached hydrogen (secondary N) is 1. The van der Waals surface area contributed by atoms with Crippen molar-refractivity contribution in [2.45, 2.75) is 12.8 Å². The van der Waals surface area contributed by atoms with E-state index in [2.05, 4.69) is 24.4 Å². The first-order valence-electron chi connectivity index (χ1n) is 7.34. The Balaban J connectivity index is 1.83. The third-order valence-corrected chi connectivity index (χ3v) is 3.49. The lowest BCUT2D eigenvalue weighted by Gasteiger charge is -2.11. The van der Waals surface area contributed by atoms with Crippen molar-refractivity contribution >= 4 is 12.0 Å². The molecule has 22 heavy (non-hydrogen) atoms. The van der Waals surface area contributed by atoms with Crippen molar-refractivity contribution in [3.63, 3.8) is 0 Å². The minimum absolute atomic E-state index is 0.0846. The predicted octanol–water partition coefficient (Wildman–Crippen LogP) is 3.63. The first-order valence-corrected chi connectivity index (χ1v) is 7.34. The normalized spacial score (nSPS) is 12.1. The number of carbonyl (C=O) groups is 1. The summed E-state index contributed by atoms with van der Waals surface area (Å²) in [6, 6.07) is 17.7. The second-order valence-corrected chi connectivity index (χ2v) is 5.16. The highest BCUT2D eigenvalue weighted by Gasteiger charge is 2.05. The third-order valence-electron chi connectivity index (χ3n) is 3.49. The number of carbonyl (C=O) groups excluding carboxylic acids is 1. The summed E-state index contributed by atoms with van der Waals surface area (Å²) >= 11 is 0.